The number of aryl methyl sites for hydroxylation is 3. The number of ether oxygens (including phenoxy) is 1. The van der Waals surface area contributed by atoms with E-state index in [-0.39, 0.29) is 18.4 Å². The number of nitrogens with one attached hydrogen (secondary N) is 1. The maximum absolute atomic E-state index is 13.0. The molecule has 0 saturated carbocycles. The molecule has 1 unspecified atom stereocenters. The molecule has 1 aromatic carbocycles. The molecule has 30 heavy (non-hydrogen) atoms. The van der Waals surface area contributed by atoms with Gasteiger partial charge in [-0.05, 0) is 66.8 Å². The molecule has 2 atom stereocenters. The lowest BCUT2D eigenvalue weighted by Crippen LogP contribution is -2.23. The van der Waals surface area contributed by atoms with Crippen LogP contribution < -0.4 is 10.1 Å². The van der Waals surface area contributed by atoms with Crippen molar-refractivity contribution in [2.45, 2.75) is 53.5 Å². The molecule has 0 bridgehead atoms. The van der Waals surface area contributed by atoms with Gasteiger partial charge in [0.2, 0.25) is 0 Å². The van der Waals surface area contributed by atoms with Gasteiger partial charge in [-0.2, -0.15) is 0 Å². The highest BCUT2D eigenvalue weighted by molar-refractivity contribution is 7.14. The summed E-state index contributed by atoms with van der Waals surface area (Å²) in [6, 6.07) is 3.96. The lowest BCUT2D eigenvalue weighted by atomic mass is 9.84. The summed E-state index contributed by atoms with van der Waals surface area (Å²) in [5.41, 5.74) is 5.22. The van der Waals surface area contributed by atoms with Gasteiger partial charge >= 0.3 is 0 Å². The van der Waals surface area contributed by atoms with E-state index in [0.29, 0.717) is 18.4 Å². The van der Waals surface area contributed by atoms with Crippen molar-refractivity contribution in [1.29, 1.82) is 0 Å². The molecule has 3 nitrogen and oxygen atoms in total. The van der Waals surface area contributed by atoms with Crippen molar-refractivity contribution in [2.75, 3.05) is 13.3 Å². The maximum Gasteiger partial charge on any atom is 0.261 e. The molecule has 1 aliphatic carbocycles. The van der Waals surface area contributed by atoms with Gasteiger partial charge in [0.15, 0.2) is 0 Å². The third-order valence-corrected chi connectivity index (χ3v) is 7.11. The zero-order valence-electron chi connectivity index (χ0n) is 18.4. The second kappa shape index (κ2) is 9.22. The first-order chi connectivity index (χ1) is 14.3. The SMILES string of the molecule is C#C[C@H]1c2c(C)sc(C(=O)NCc3cc(C)c(OCCF)c(C)c3)c2CC1C(C)C. The first-order valence-electron chi connectivity index (χ1n) is 10.4. The Kier molecular flexibility index (Phi) is 6.88. The first-order valence-corrected chi connectivity index (χ1v) is 11.2. The number of halogens is 1. The van der Waals surface area contributed by atoms with Crippen LogP contribution in [0.1, 0.15) is 62.1 Å². The Morgan fingerprint density at radius 3 is 2.57 bits per heavy atom. The quantitative estimate of drug-likeness (QED) is 0.593. The molecule has 0 saturated heterocycles. The van der Waals surface area contributed by atoms with Gasteiger partial charge in [0.1, 0.15) is 19.0 Å². The van der Waals surface area contributed by atoms with Gasteiger partial charge in [-0.3, -0.25) is 4.79 Å². The maximum atomic E-state index is 13.0. The number of amides is 1. The molecular formula is C25H30FNO2S. The topological polar surface area (TPSA) is 38.3 Å². The highest BCUT2D eigenvalue weighted by Crippen LogP contribution is 2.47. The lowest BCUT2D eigenvalue weighted by molar-refractivity contribution is 0.0954. The Morgan fingerprint density at radius 1 is 1.33 bits per heavy atom. The molecule has 1 N–H and O–H groups in total. The highest BCUT2D eigenvalue weighted by atomic mass is 32.1. The molecule has 2 aromatic rings. The van der Waals surface area contributed by atoms with Crippen LogP contribution in [-0.4, -0.2) is 19.2 Å². The summed E-state index contributed by atoms with van der Waals surface area (Å²) in [5, 5.41) is 3.07. The van der Waals surface area contributed by atoms with Crippen LogP contribution in [0, 0.1) is 45.0 Å². The second-order valence-electron chi connectivity index (χ2n) is 8.41. The van der Waals surface area contributed by atoms with E-state index in [1.807, 2.05) is 26.0 Å². The Labute approximate surface area is 183 Å². The summed E-state index contributed by atoms with van der Waals surface area (Å²) in [6.07, 6.45) is 6.73. The third kappa shape index (κ3) is 4.25. The molecule has 1 heterocycles. The van der Waals surface area contributed by atoms with Crippen molar-refractivity contribution < 1.29 is 13.9 Å². The standard InChI is InChI=1S/C25H30FNO2S/c1-7-19-20(14(2)3)12-21-22(19)17(6)30-24(21)25(28)27-13-18-10-15(4)23(16(5)11-18)29-9-8-26/h1,10-11,14,19-20H,8-9,12-13H2,2-6H3,(H,27,28)/t19-,20?/m1/s1. The van der Waals surface area contributed by atoms with Crippen LogP contribution in [0.25, 0.3) is 0 Å². The average molecular weight is 428 g/mol. The van der Waals surface area contributed by atoms with Crippen LogP contribution in [0.5, 0.6) is 5.75 Å². The van der Waals surface area contributed by atoms with E-state index < -0.39 is 6.67 Å². The number of hydrogen-bond acceptors (Lipinski definition) is 3. The van der Waals surface area contributed by atoms with Crippen LogP contribution >= 0.6 is 11.3 Å². The van der Waals surface area contributed by atoms with E-state index in [0.717, 1.165) is 44.2 Å². The largest absolute Gasteiger partial charge is 0.490 e. The van der Waals surface area contributed by atoms with Crippen LogP contribution in [0.3, 0.4) is 0 Å². The summed E-state index contributed by atoms with van der Waals surface area (Å²) < 4.78 is 17.9. The Morgan fingerprint density at radius 2 is 2.00 bits per heavy atom. The molecule has 1 amide bonds. The Balaban J connectivity index is 1.76. The Bertz CT molecular complexity index is 963. The molecule has 0 spiro atoms. The lowest BCUT2D eigenvalue weighted by Gasteiger charge is -2.19. The van der Waals surface area contributed by atoms with Crippen LogP contribution in [0.4, 0.5) is 4.39 Å². The smallest absolute Gasteiger partial charge is 0.261 e. The van der Waals surface area contributed by atoms with Gasteiger partial charge in [0.25, 0.3) is 5.91 Å². The number of carbonyl (C=O) groups is 1. The molecule has 1 aromatic heterocycles. The van der Waals surface area contributed by atoms with E-state index in [2.05, 4.69) is 32.0 Å². The fourth-order valence-corrected chi connectivity index (χ4v) is 5.71. The third-order valence-electron chi connectivity index (χ3n) is 5.95. The number of carbonyl (C=O) groups excluding carboxylic acids is 1. The van der Waals surface area contributed by atoms with Gasteiger partial charge in [-0.15, -0.1) is 17.8 Å². The van der Waals surface area contributed by atoms with Gasteiger partial charge in [-0.25, -0.2) is 4.39 Å². The monoisotopic (exact) mass is 427 g/mol. The summed E-state index contributed by atoms with van der Waals surface area (Å²) in [5.74, 6) is 4.61. The summed E-state index contributed by atoms with van der Waals surface area (Å²) >= 11 is 1.55. The number of hydrogen-bond donors (Lipinski definition) is 1. The summed E-state index contributed by atoms with van der Waals surface area (Å²) in [6.45, 7) is 10.3. The predicted octanol–water partition coefficient (Wildman–Crippen LogP) is 5.50. The minimum Gasteiger partial charge on any atom is -0.490 e. The molecule has 0 aliphatic heterocycles. The normalized spacial score (nSPS) is 17.7. The van der Waals surface area contributed by atoms with Crippen molar-refractivity contribution in [1.82, 2.24) is 5.32 Å². The van der Waals surface area contributed by atoms with E-state index >= 15 is 0 Å². The molecule has 0 fully saturated rings. The number of rotatable bonds is 7. The van der Waals surface area contributed by atoms with Crippen molar-refractivity contribution in [2.24, 2.45) is 11.8 Å². The van der Waals surface area contributed by atoms with E-state index in [1.54, 1.807) is 11.3 Å². The molecule has 5 heteroatoms. The minimum absolute atomic E-state index is 0.0439. The van der Waals surface area contributed by atoms with Crippen LogP contribution in [0.2, 0.25) is 0 Å². The number of alkyl halides is 1. The Hall–Kier alpha value is -2.32. The van der Waals surface area contributed by atoms with Crippen LogP contribution in [0.15, 0.2) is 12.1 Å². The molecule has 1 aliphatic rings. The second-order valence-corrected chi connectivity index (χ2v) is 9.64. The van der Waals surface area contributed by atoms with Gasteiger partial charge in [-0.1, -0.05) is 31.9 Å². The van der Waals surface area contributed by atoms with E-state index in [1.165, 1.54) is 5.56 Å². The van der Waals surface area contributed by atoms with Gasteiger partial charge in [0, 0.05) is 17.3 Å². The van der Waals surface area contributed by atoms with Crippen molar-refractivity contribution in [3.8, 4) is 18.1 Å². The number of benzene rings is 1. The number of terminal acetylenes is 1. The van der Waals surface area contributed by atoms with Gasteiger partial charge in [0.05, 0.1) is 4.88 Å². The van der Waals surface area contributed by atoms with Crippen molar-refractivity contribution in [3.05, 3.63) is 49.7 Å². The fraction of sp³-hybridized carbons (Fsp3) is 0.480. The fourth-order valence-electron chi connectivity index (χ4n) is 4.57. The number of thiophene rings is 1. The molecule has 3 rings (SSSR count). The summed E-state index contributed by atoms with van der Waals surface area (Å²) in [4.78, 5) is 15.0. The van der Waals surface area contributed by atoms with E-state index in [9.17, 15) is 9.18 Å². The highest BCUT2D eigenvalue weighted by Gasteiger charge is 2.38. The zero-order chi connectivity index (χ0) is 22.0. The molecule has 0 radical (unpaired) electrons. The average Bonchev–Trinajstić information content (AvgIpc) is 3.23. The van der Waals surface area contributed by atoms with E-state index in [4.69, 9.17) is 11.2 Å². The van der Waals surface area contributed by atoms with Gasteiger partial charge < -0.3 is 10.1 Å². The molecule has 160 valence electrons. The molecular weight excluding hydrogens is 397 g/mol. The van der Waals surface area contributed by atoms with Crippen LogP contribution in [-0.2, 0) is 13.0 Å². The number of fused-ring (bicyclic) bond motifs is 1. The van der Waals surface area contributed by atoms with Crippen molar-refractivity contribution in [3.63, 3.8) is 0 Å². The zero-order valence-corrected chi connectivity index (χ0v) is 19.2. The summed E-state index contributed by atoms with van der Waals surface area (Å²) in [7, 11) is 0. The van der Waals surface area contributed by atoms with Crippen molar-refractivity contribution >= 4 is 17.2 Å². The minimum atomic E-state index is -0.514. The predicted molar refractivity (Wildman–Crippen MR) is 121 cm³/mol. The first kappa shape index (κ1) is 22.4.